The highest BCUT2D eigenvalue weighted by Gasteiger charge is 2.26. The third kappa shape index (κ3) is 3.05. The molecule has 18 heavy (non-hydrogen) atoms. The number of anilines is 1. The van der Waals surface area contributed by atoms with E-state index in [9.17, 15) is 0 Å². The molecule has 1 aromatic rings. The van der Waals surface area contributed by atoms with Crippen LogP contribution in [-0.4, -0.2) is 19.1 Å². The van der Waals surface area contributed by atoms with Crippen LogP contribution in [0.25, 0.3) is 0 Å². The van der Waals surface area contributed by atoms with Gasteiger partial charge in [0, 0.05) is 24.8 Å². The largest absolute Gasteiger partial charge is 0.371 e. The first kappa shape index (κ1) is 13.4. The average Bonchev–Trinajstić information content (AvgIpc) is 2.78. The van der Waals surface area contributed by atoms with Crippen molar-refractivity contribution in [1.29, 1.82) is 0 Å². The second kappa shape index (κ2) is 5.75. The maximum Gasteiger partial charge on any atom is 0.0399 e. The van der Waals surface area contributed by atoms with Crippen LogP contribution in [0.5, 0.6) is 0 Å². The molecule has 1 saturated heterocycles. The predicted octanol–water partition coefficient (Wildman–Crippen LogP) is 3.06. The fraction of sp³-hybridized carbons (Fsp3) is 0.625. The predicted molar refractivity (Wildman–Crippen MR) is 79.0 cm³/mol. The fourth-order valence-corrected chi connectivity index (χ4v) is 2.89. The van der Waals surface area contributed by atoms with Crippen molar-refractivity contribution in [2.75, 3.05) is 18.0 Å². The molecule has 2 unspecified atom stereocenters. The van der Waals surface area contributed by atoms with Crippen LogP contribution in [0.15, 0.2) is 24.3 Å². The fourth-order valence-electron chi connectivity index (χ4n) is 2.89. The smallest absolute Gasteiger partial charge is 0.0399 e. The Labute approximate surface area is 111 Å². The van der Waals surface area contributed by atoms with Gasteiger partial charge in [0.05, 0.1) is 0 Å². The summed E-state index contributed by atoms with van der Waals surface area (Å²) < 4.78 is 0. The summed E-state index contributed by atoms with van der Waals surface area (Å²) in [7, 11) is 0. The molecule has 1 aliphatic rings. The lowest BCUT2D eigenvalue weighted by Crippen LogP contribution is -2.24. The highest BCUT2D eigenvalue weighted by molar-refractivity contribution is 5.54. The Morgan fingerprint density at radius 3 is 2.61 bits per heavy atom. The molecule has 1 aromatic carbocycles. The summed E-state index contributed by atoms with van der Waals surface area (Å²) in [5.41, 5.74) is 8.75. The van der Waals surface area contributed by atoms with Gasteiger partial charge in [-0.2, -0.15) is 0 Å². The highest BCUT2D eigenvalue weighted by atomic mass is 15.2. The van der Waals surface area contributed by atoms with E-state index in [1.165, 1.54) is 30.8 Å². The molecule has 0 aliphatic carbocycles. The van der Waals surface area contributed by atoms with E-state index >= 15 is 0 Å². The molecule has 2 heteroatoms. The molecule has 1 heterocycles. The van der Waals surface area contributed by atoms with E-state index < -0.39 is 0 Å². The van der Waals surface area contributed by atoms with Gasteiger partial charge in [-0.15, -0.1) is 0 Å². The summed E-state index contributed by atoms with van der Waals surface area (Å²) in [6.45, 7) is 9.15. The van der Waals surface area contributed by atoms with E-state index in [0.29, 0.717) is 0 Å². The van der Waals surface area contributed by atoms with Gasteiger partial charge in [0.1, 0.15) is 0 Å². The maximum atomic E-state index is 5.95. The number of nitrogens with zero attached hydrogens (tertiary/aromatic N) is 1. The second-order valence-corrected chi connectivity index (χ2v) is 6.05. The lowest BCUT2D eigenvalue weighted by Gasteiger charge is -2.23. The zero-order valence-electron chi connectivity index (χ0n) is 11.9. The Hall–Kier alpha value is -1.02. The van der Waals surface area contributed by atoms with Gasteiger partial charge in [-0.25, -0.2) is 0 Å². The van der Waals surface area contributed by atoms with Crippen molar-refractivity contribution in [3.63, 3.8) is 0 Å². The first-order chi connectivity index (χ1) is 8.58. The van der Waals surface area contributed by atoms with E-state index in [4.69, 9.17) is 5.73 Å². The molecule has 0 bridgehead atoms. The summed E-state index contributed by atoms with van der Waals surface area (Å²) in [5, 5.41) is 0. The minimum Gasteiger partial charge on any atom is -0.371 e. The third-order valence-corrected chi connectivity index (χ3v) is 4.04. The minimum absolute atomic E-state index is 0.231. The zero-order chi connectivity index (χ0) is 13.1. The van der Waals surface area contributed by atoms with Crippen LogP contribution >= 0.6 is 0 Å². The molecule has 100 valence electrons. The van der Waals surface area contributed by atoms with Gasteiger partial charge in [-0.05, 0) is 43.2 Å². The second-order valence-electron chi connectivity index (χ2n) is 6.05. The van der Waals surface area contributed by atoms with Crippen molar-refractivity contribution in [1.82, 2.24) is 0 Å². The van der Waals surface area contributed by atoms with E-state index in [1.807, 2.05) is 0 Å². The molecule has 2 nitrogen and oxygen atoms in total. The molecule has 0 radical (unpaired) electrons. The summed E-state index contributed by atoms with van der Waals surface area (Å²) in [6.07, 6.45) is 2.29. The number of benzene rings is 1. The summed E-state index contributed by atoms with van der Waals surface area (Å²) in [5.74, 6) is 1.63. The molecule has 0 saturated carbocycles. The van der Waals surface area contributed by atoms with Crippen molar-refractivity contribution in [3.8, 4) is 0 Å². The van der Waals surface area contributed by atoms with Crippen LogP contribution in [0.4, 0.5) is 5.69 Å². The van der Waals surface area contributed by atoms with Crippen molar-refractivity contribution in [2.24, 2.45) is 17.6 Å². The monoisotopic (exact) mass is 246 g/mol. The van der Waals surface area contributed by atoms with Crippen LogP contribution in [0, 0.1) is 11.8 Å². The van der Waals surface area contributed by atoms with Crippen molar-refractivity contribution < 1.29 is 0 Å². The Morgan fingerprint density at radius 2 is 2.00 bits per heavy atom. The highest BCUT2D eigenvalue weighted by Crippen LogP contribution is 2.30. The van der Waals surface area contributed by atoms with E-state index in [-0.39, 0.29) is 6.04 Å². The Balaban J connectivity index is 2.14. The van der Waals surface area contributed by atoms with E-state index in [1.54, 1.807) is 0 Å². The molecule has 1 aliphatic heterocycles. The SMILES string of the molecule is CC(N)Cc1ccccc1N1CCC(C(C)C)C1. The Bertz CT molecular complexity index is 384. The van der Waals surface area contributed by atoms with Gasteiger partial charge in [-0.3, -0.25) is 0 Å². The number of nitrogens with two attached hydrogens (primary N) is 1. The number of para-hydroxylation sites is 1. The molecule has 2 rings (SSSR count). The third-order valence-electron chi connectivity index (χ3n) is 4.04. The molecule has 2 atom stereocenters. The standard InChI is InChI=1S/C16H26N2/c1-12(2)15-8-9-18(11-15)16-7-5-4-6-14(16)10-13(3)17/h4-7,12-13,15H,8-11,17H2,1-3H3. The molecule has 1 fully saturated rings. The van der Waals surface area contributed by atoms with Crippen molar-refractivity contribution in [3.05, 3.63) is 29.8 Å². The van der Waals surface area contributed by atoms with Gasteiger partial charge >= 0.3 is 0 Å². The van der Waals surface area contributed by atoms with E-state index in [0.717, 1.165) is 18.3 Å². The van der Waals surface area contributed by atoms with Crippen LogP contribution in [0.2, 0.25) is 0 Å². The lowest BCUT2D eigenvalue weighted by atomic mass is 9.95. The molecular weight excluding hydrogens is 220 g/mol. The Kier molecular flexibility index (Phi) is 4.28. The van der Waals surface area contributed by atoms with Gasteiger partial charge < -0.3 is 10.6 Å². The maximum absolute atomic E-state index is 5.95. The van der Waals surface area contributed by atoms with Gasteiger partial charge in [0.25, 0.3) is 0 Å². The lowest BCUT2D eigenvalue weighted by molar-refractivity contribution is 0.422. The van der Waals surface area contributed by atoms with Gasteiger partial charge in [-0.1, -0.05) is 32.0 Å². The number of hydrogen-bond donors (Lipinski definition) is 1. The molecule has 0 amide bonds. The average molecular weight is 246 g/mol. The normalized spacial score (nSPS) is 21.6. The first-order valence-electron chi connectivity index (χ1n) is 7.16. The van der Waals surface area contributed by atoms with Crippen LogP contribution in [0.1, 0.15) is 32.8 Å². The number of hydrogen-bond acceptors (Lipinski definition) is 2. The minimum atomic E-state index is 0.231. The van der Waals surface area contributed by atoms with Crippen LogP contribution < -0.4 is 10.6 Å². The molecule has 2 N–H and O–H groups in total. The Morgan fingerprint density at radius 1 is 1.28 bits per heavy atom. The van der Waals surface area contributed by atoms with Crippen LogP contribution in [-0.2, 0) is 6.42 Å². The zero-order valence-corrected chi connectivity index (χ0v) is 11.9. The topological polar surface area (TPSA) is 29.3 Å². The summed E-state index contributed by atoms with van der Waals surface area (Å²) in [6, 6.07) is 8.97. The van der Waals surface area contributed by atoms with Crippen LogP contribution in [0.3, 0.4) is 0 Å². The first-order valence-corrected chi connectivity index (χ1v) is 7.16. The van der Waals surface area contributed by atoms with Crippen molar-refractivity contribution in [2.45, 2.75) is 39.7 Å². The molecular formula is C16H26N2. The van der Waals surface area contributed by atoms with Gasteiger partial charge in [0.2, 0.25) is 0 Å². The summed E-state index contributed by atoms with van der Waals surface area (Å²) in [4.78, 5) is 2.54. The van der Waals surface area contributed by atoms with E-state index in [2.05, 4.69) is 49.9 Å². The van der Waals surface area contributed by atoms with Crippen molar-refractivity contribution >= 4 is 5.69 Å². The molecule has 0 aromatic heterocycles. The number of rotatable bonds is 4. The molecule has 0 spiro atoms. The van der Waals surface area contributed by atoms with Gasteiger partial charge in [0.15, 0.2) is 0 Å². The quantitative estimate of drug-likeness (QED) is 0.884. The summed E-state index contributed by atoms with van der Waals surface area (Å²) >= 11 is 0.